The molecule has 8 heteroatoms. The molecule has 0 bridgehead atoms. The summed E-state index contributed by atoms with van der Waals surface area (Å²) in [5.41, 5.74) is 0.491. The molecule has 0 aromatic heterocycles. The van der Waals surface area contributed by atoms with E-state index in [0.29, 0.717) is 5.92 Å². The molecule has 0 unspecified atom stereocenters. The lowest BCUT2D eigenvalue weighted by atomic mass is 9.80. The molecule has 1 saturated heterocycles. The molecule has 142 valence electrons. The number of hydrogen-bond donors (Lipinski definition) is 1. The van der Waals surface area contributed by atoms with E-state index in [1.54, 1.807) is 6.07 Å². The Hall–Kier alpha value is -0.950. The number of hydrogen-bond acceptors (Lipinski definition) is 4. The number of piperazine rings is 1. The van der Waals surface area contributed by atoms with Gasteiger partial charge in [-0.05, 0) is 30.4 Å². The summed E-state index contributed by atoms with van der Waals surface area (Å²) in [5.74, 6) is -0.242. The molecule has 3 rings (SSSR count). The zero-order chi connectivity index (χ0) is 16.2. The van der Waals surface area contributed by atoms with Crippen molar-refractivity contribution in [2.75, 3.05) is 26.2 Å². The lowest BCUT2D eigenvalue weighted by Crippen LogP contribution is -2.47. The summed E-state index contributed by atoms with van der Waals surface area (Å²) in [5, 5.41) is 14.4. The zero-order valence-electron chi connectivity index (χ0n) is 14.2. The molecule has 0 radical (unpaired) electrons. The molecular formula is C17H26Cl2FN3O2. The molecule has 0 amide bonds. The Morgan fingerprint density at radius 2 is 1.80 bits per heavy atom. The molecule has 1 N–H and O–H groups in total. The van der Waals surface area contributed by atoms with Crippen LogP contribution in [0.2, 0.25) is 0 Å². The third-order valence-electron chi connectivity index (χ3n) is 5.15. The fraction of sp³-hybridized carbons (Fsp3) is 0.647. The van der Waals surface area contributed by atoms with Gasteiger partial charge in [-0.25, -0.2) is 0 Å². The van der Waals surface area contributed by atoms with Crippen LogP contribution in [-0.2, 0) is 0 Å². The molecule has 1 heterocycles. The number of nitro benzene ring substituents is 1. The smallest absolute Gasteiger partial charge is 0.305 e. The fourth-order valence-electron chi connectivity index (χ4n) is 4.04. The summed E-state index contributed by atoms with van der Waals surface area (Å²) >= 11 is 0. The van der Waals surface area contributed by atoms with E-state index >= 15 is 0 Å². The van der Waals surface area contributed by atoms with Crippen molar-refractivity contribution in [2.24, 2.45) is 5.92 Å². The quantitative estimate of drug-likeness (QED) is 0.617. The van der Waals surface area contributed by atoms with E-state index in [2.05, 4.69) is 10.2 Å². The van der Waals surface area contributed by atoms with Crippen LogP contribution in [0.25, 0.3) is 0 Å². The van der Waals surface area contributed by atoms with E-state index in [1.165, 1.54) is 31.4 Å². The van der Waals surface area contributed by atoms with Crippen molar-refractivity contribution < 1.29 is 9.31 Å². The molecule has 2 aliphatic rings. The van der Waals surface area contributed by atoms with Gasteiger partial charge in [0.25, 0.3) is 0 Å². The van der Waals surface area contributed by atoms with Gasteiger partial charge in [-0.15, -0.1) is 24.8 Å². The molecule has 1 aliphatic heterocycles. The maximum Gasteiger partial charge on any atom is 0.305 e. The Balaban J connectivity index is 0.00000156. The molecule has 1 aromatic carbocycles. The van der Waals surface area contributed by atoms with Crippen molar-refractivity contribution in [2.45, 2.75) is 38.1 Å². The minimum absolute atomic E-state index is 0. The first-order valence-electron chi connectivity index (χ1n) is 8.55. The van der Waals surface area contributed by atoms with Gasteiger partial charge in [0.15, 0.2) is 0 Å². The van der Waals surface area contributed by atoms with Crippen LogP contribution in [0.1, 0.15) is 43.7 Å². The predicted molar refractivity (Wildman–Crippen MR) is 101 cm³/mol. The van der Waals surface area contributed by atoms with Crippen molar-refractivity contribution in [3.63, 3.8) is 0 Å². The molecule has 2 fully saturated rings. The summed E-state index contributed by atoms with van der Waals surface area (Å²) in [4.78, 5) is 12.9. The lowest BCUT2D eigenvalue weighted by Gasteiger charge is -2.41. The van der Waals surface area contributed by atoms with Crippen LogP contribution in [0.3, 0.4) is 0 Å². The SMILES string of the molecule is Cl.Cl.O=[N+]([O-])c1cc([C@@H](C2CCCCC2)N2CCNCC2)ccc1F. The number of benzene rings is 1. The van der Waals surface area contributed by atoms with Gasteiger partial charge >= 0.3 is 5.69 Å². The summed E-state index contributed by atoms with van der Waals surface area (Å²) in [6, 6.07) is 4.61. The van der Waals surface area contributed by atoms with Crippen LogP contribution >= 0.6 is 24.8 Å². The van der Waals surface area contributed by atoms with Gasteiger partial charge < -0.3 is 5.32 Å². The van der Waals surface area contributed by atoms with Gasteiger partial charge in [0.1, 0.15) is 0 Å². The average molecular weight is 394 g/mol. The number of nitrogens with zero attached hydrogens (tertiary/aromatic N) is 2. The van der Waals surface area contributed by atoms with Gasteiger partial charge in [0.05, 0.1) is 4.92 Å². The van der Waals surface area contributed by atoms with E-state index in [1.807, 2.05) is 0 Å². The first-order valence-corrected chi connectivity index (χ1v) is 8.55. The maximum atomic E-state index is 13.7. The van der Waals surface area contributed by atoms with Crippen LogP contribution in [0.15, 0.2) is 18.2 Å². The molecule has 1 aromatic rings. The third-order valence-corrected chi connectivity index (χ3v) is 5.15. The predicted octanol–water partition coefficient (Wildman–Crippen LogP) is 4.10. The summed E-state index contributed by atoms with van der Waals surface area (Å²) in [7, 11) is 0. The minimum atomic E-state index is -0.749. The molecule has 1 atom stereocenters. The second-order valence-corrected chi connectivity index (χ2v) is 6.60. The maximum absolute atomic E-state index is 13.7. The highest BCUT2D eigenvalue weighted by Crippen LogP contribution is 2.39. The van der Waals surface area contributed by atoms with Crippen molar-refractivity contribution >= 4 is 30.5 Å². The Labute approximate surface area is 160 Å². The van der Waals surface area contributed by atoms with Crippen LogP contribution < -0.4 is 5.32 Å². The monoisotopic (exact) mass is 393 g/mol. The van der Waals surface area contributed by atoms with Gasteiger partial charge in [-0.2, -0.15) is 4.39 Å². The highest BCUT2D eigenvalue weighted by molar-refractivity contribution is 5.85. The van der Waals surface area contributed by atoms with Crippen LogP contribution in [0.4, 0.5) is 10.1 Å². The lowest BCUT2D eigenvalue weighted by molar-refractivity contribution is -0.387. The van der Waals surface area contributed by atoms with Crippen molar-refractivity contribution in [1.82, 2.24) is 10.2 Å². The Kier molecular flexibility index (Phi) is 9.07. The Morgan fingerprint density at radius 3 is 2.40 bits per heavy atom. The number of halogens is 3. The highest BCUT2D eigenvalue weighted by atomic mass is 35.5. The summed E-state index contributed by atoms with van der Waals surface area (Å²) in [6.07, 6.45) is 6.01. The number of rotatable bonds is 4. The first-order chi connectivity index (χ1) is 11.2. The summed E-state index contributed by atoms with van der Waals surface area (Å²) in [6.45, 7) is 3.75. The molecule has 1 saturated carbocycles. The van der Waals surface area contributed by atoms with Gasteiger partial charge in [-0.1, -0.05) is 25.3 Å². The first kappa shape index (κ1) is 22.1. The van der Waals surface area contributed by atoms with Gasteiger partial charge in [0, 0.05) is 38.3 Å². The minimum Gasteiger partial charge on any atom is -0.314 e. The highest BCUT2D eigenvalue weighted by Gasteiger charge is 2.32. The summed E-state index contributed by atoms with van der Waals surface area (Å²) < 4.78 is 13.7. The average Bonchev–Trinajstić information content (AvgIpc) is 2.58. The molecule has 25 heavy (non-hydrogen) atoms. The molecular weight excluding hydrogens is 368 g/mol. The van der Waals surface area contributed by atoms with Crippen LogP contribution in [-0.4, -0.2) is 36.0 Å². The van der Waals surface area contributed by atoms with E-state index in [9.17, 15) is 14.5 Å². The third kappa shape index (κ3) is 5.26. The second-order valence-electron chi connectivity index (χ2n) is 6.60. The normalized spacial score (nSPS) is 20.2. The van der Waals surface area contributed by atoms with Crippen molar-refractivity contribution in [3.8, 4) is 0 Å². The van der Waals surface area contributed by atoms with E-state index < -0.39 is 16.4 Å². The number of nitrogens with one attached hydrogen (secondary N) is 1. The number of nitro groups is 1. The zero-order valence-corrected chi connectivity index (χ0v) is 15.8. The topological polar surface area (TPSA) is 58.4 Å². The van der Waals surface area contributed by atoms with Crippen molar-refractivity contribution in [3.05, 3.63) is 39.7 Å². The Bertz CT molecular complexity index is 547. The fourth-order valence-corrected chi connectivity index (χ4v) is 4.04. The van der Waals surface area contributed by atoms with Gasteiger partial charge in [0.2, 0.25) is 5.82 Å². The standard InChI is InChI=1S/C17H24FN3O2.2ClH/c18-15-7-6-14(12-16(15)21(22)23)17(13-4-2-1-3-5-13)20-10-8-19-9-11-20;;/h6-7,12-13,17,19H,1-5,8-11H2;2*1H/t17-;;/m1../s1. The van der Waals surface area contributed by atoms with Crippen molar-refractivity contribution in [1.29, 1.82) is 0 Å². The van der Waals surface area contributed by atoms with Crippen LogP contribution in [0.5, 0.6) is 0 Å². The second kappa shape index (κ2) is 10.3. The van der Waals surface area contributed by atoms with Gasteiger partial charge in [-0.3, -0.25) is 15.0 Å². The molecule has 1 aliphatic carbocycles. The molecule has 0 spiro atoms. The van der Waals surface area contributed by atoms with E-state index in [4.69, 9.17) is 0 Å². The van der Waals surface area contributed by atoms with Crippen LogP contribution in [0, 0.1) is 21.8 Å². The van der Waals surface area contributed by atoms with E-state index in [-0.39, 0.29) is 30.9 Å². The Morgan fingerprint density at radius 1 is 1.16 bits per heavy atom. The molecule has 5 nitrogen and oxygen atoms in total. The van der Waals surface area contributed by atoms with E-state index in [0.717, 1.165) is 44.6 Å². The largest absolute Gasteiger partial charge is 0.314 e.